The maximum Gasteiger partial charge on any atom is 0.310 e. The van der Waals surface area contributed by atoms with Crippen molar-refractivity contribution in [2.45, 2.75) is 19.6 Å². The minimum Gasteiger partial charge on any atom is -0.406 e. The molecule has 0 radical (unpaired) electrons. The molecule has 1 aliphatic rings. The fraction of sp³-hybridized carbons (Fsp3) is 0.615. The molecule has 2 N–H and O–H groups in total. The third-order valence-corrected chi connectivity index (χ3v) is 3.64. The van der Waals surface area contributed by atoms with Crippen molar-refractivity contribution in [3.8, 4) is 5.88 Å². The van der Waals surface area contributed by atoms with Gasteiger partial charge in [0.1, 0.15) is 5.82 Å². The van der Waals surface area contributed by atoms with E-state index in [2.05, 4.69) is 15.1 Å². The Labute approximate surface area is 128 Å². The molecule has 1 aromatic rings. The van der Waals surface area contributed by atoms with Gasteiger partial charge in [0.25, 0.3) is 0 Å². The Morgan fingerprint density at radius 2 is 2.10 bits per heavy atom. The first-order chi connectivity index (χ1) is 10.1. The normalized spacial score (nSPS) is 16.1. The molecular formula is C13H21N5O2S. The Kier molecular flexibility index (Phi) is 5.63. The summed E-state index contributed by atoms with van der Waals surface area (Å²) >= 11 is 1.66. The van der Waals surface area contributed by atoms with E-state index >= 15 is 0 Å². The zero-order chi connectivity index (χ0) is 15.2. The maximum atomic E-state index is 5.86. The first-order valence-electron chi connectivity index (χ1n) is 6.78. The summed E-state index contributed by atoms with van der Waals surface area (Å²) in [6.45, 7) is 6.58. The number of ether oxygens (including phenoxy) is 2. The third kappa shape index (κ3) is 4.47. The van der Waals surface area contributed by atoms with Crippen LogP contribution in [-0.4, -0.2) is 53.6 Å². The molecule has 8 heteroatoms. The van der Waals surface area contributed by atoms with Crippen LogP contribution in [0.4, 0.5) is 0 Å². The van der Waals surface area contributed by atoms with Gasteiger partial charge in [0.05, 0.1) is 32.1 Å². The van der Waals surface area contributed by atoms with Crippen LogP contribution < -0.4 is 10.5 Å². The van der Waals surface area contributed by atoms with E-state index in [0.29, 0.717) is 32.2 Å². The number of hydrogen-bond acceptors (Lipinski definition) is 7. The van der Waals surface area contributed by atoms with Gasteiger partial charge in [-0.25, -0.2) is 4.98 Å². The second kappa shape index (κ2) is 7.46. The molecule has 2 heterocycles. The van der Waals surface area contributed by atoms with E-state index in [1.807, 2.05) is 25.1 Å². The topological polar surface area (TPSA) is 85.9 Å². The van der Waals surface area contributed by atoms with E-state index in [9.17, 15) is 0 Å². The fourth-order valence-corrected chi connectivity index (χ4v) is 2.25. The lowest BCUT2D eigenvalue weighted by molar-refractivity contribution is 0.0383. The van der Waals surface area contributed by atoms with Gasteiger partial charge in [-0.1, -0.05) is 0 Å². The molecule has 0 amide bonds. The molecule has 2 rings (SSSR count). The Morgan fingerprint density at radius 1 is 1.38 bits per heavy atom. The van der Waals surface area contributed by atoms with Crippen molar-refractivity contribution >= 4 is 17.8 Å². The van der Waals surface area contributed by atoms with Crippen molar-refractivity contribution in [3.63, 3.8) is 0 Å². The molecule has 1 fully saturated rings. The largest absolute Gasteiger partial charge is 0.406 e. The van der Waals surface area contributed by atoms with Gasteiger partial charge in [0.15, 0.2) is 0 Å². The lowest BCUT2D eigenvalue weighted by Gasteiger charge is -2.23. The Hall–Kier alpha value is -1.54. The number of rotatable bonds is 4. The van der Waals surface area contributed by atoms with E-state index in [-0.39, 0.29) is 6.02 Å². The van der Waals surface area contributed by atoms with Gasteiger partial charge in [0.2, 0.25) is 5.88 Å². The molecule has 116 valence electrons. The van der Waals surface area contributed by atoms with Crippen LogP contribution in [0, 0.1) is 13.8 Å². The number of thioether (sulfide) groups is 1. The zero-order valence-electron chi connectivity index (χ0n) is 12.6. The molecule has 21 heavy (non-hydrogen) atoms. The third-order valence-electron chi connectivity index (χ3n) is 3.09. The molecule has 0 aromatic carbocycles. The number of amidine groups is 1. The minimum atomic E-state index is 0.0909. The van der Waals surface area contributed by atoms with Crippen LogP contribution in [0.25, 0.3) is 0 Å². The van der Waals surface area contributed by atoms with Gasteiger partial charge in [-0.15, -0.1) is 5.10 Å². The van der Waals surface area contributed by atoms with Gasteiger partial charge in [-0.3, -0.25) is 5.01 Å². The average Bonchev–Trinajstić information content (AvgIpc) is 2.45. The van der Waals surface area contributed by atoms with Crippen LogP contribution >= 0.6 is 11.8 Å². The molecule has 0 aliphatic carbocycles. The highest BCUT2D eigenvalue weighted by molar-refractivity contribution is 7.97. The summed E-state index contributed by atoms with van der Waals surface area (Å²) in [5.74, 6) is 1.94. The Balaban J connectivity index is 2.11. The smallest absolute Gasteiger partial charge is 0.310 e. The van der Waals surface area contributed by atoms with Gasteiger partial charge >= 0.3 is 6.02 Å². The van der Waals surface area contributed by atoms with E-state index in [1.165, 1.54) is 0 Å². The van der Waals surface area contributed by atoms with Crippen molar-refractivity contribution in [3.05, 3.63) is 17.1 Å². The van der Waals surface area contributed by atoms with Crippen LogP contribution in [0.15, 0.2) is 5.10 Å². The number of morpholine rings is 1. The second-order valence-electron chi connectivity index (χ2n) is 4.69. The lowest BCUT2D eigenvalue weighted by atomic mass is 10.2. The van der Waals surface area contributed by atoms with Crippen molar-refractivity contribution in [2.24, 2.45) is 10.8 Å². The van der Waals surface area contributed by atoms with Crippen LogP contribution in [0.1, 0.15) is 17.1 Å². The van der Waals surface area contributed by atoms with Crippen molar-refractivity contribution in [1.29, 1.82) is 0 Å². The van der Waals surface area contributed by atoms with Gasteiger partial charge in [0, 0.05) is 11.3 Å². The SMILES string of the molecule is CSCc1nc(C)c(C)c(OC(N)=NN2CCOCC2)n1. The summed E-state index contributed by atoms with van der Waals surface area (Å²) in [6.07, 6.45) is 2.01. The molecule has 0 unspecified atom stereocenters. The number of aryl methyl sites for hydroxylation is 1. The first-order valence-corrected chi connectivity index (χ1v) is 8.17. The van der Waals surface area contributed by atoms with E-state index in [0.717, 1.165) is 22.8 Å². The monoisotopic (exact) mass is 311 g/mol. The summed E-state index contributed by atoms with van der Waals surface area (Å²) in [5, 5.41) is 6.08. The maximum absolute atomic E-state index is 5.86. The van der Waals surface area contributed by atoms with Crippen LogP contribution in [0.3, 0.4) is 0 Å². The summed E-state index contributed by atoms with van der Waals surface area (Å²) in [6, 6.07) is 0.0909. The highest BCUT2D eigenvalue weighted by Gasteiger charge is 2.13. The predicted octanol–water partition coefficient (Wildman–Crippen LogP) is 0.897. The highest BCUT2D eigenvalue weighted by Crippen LogP contribution is 2.19. The minimum absolute atomic E-state index is 0.0909. The molecule has 1 saturated heterocycles. The quantitative estimate of drug-likeness (QED) is 0.653. The summed E-state index contributed by atoms with van der Waals surface area (Å²) in [4.78, 5) is 8.82. The molecule has 0 spiro atoms. The molecule has 0 atom stereocenters. The number of nitrogens with zero attached hydrogens (tertiary/aromatic N) is 4. The molecule has 1 aliphatic heterocycles. The summed E-state index contributed by atoms with van der Waals surface area (Å²) in [7, 11) is 0. The Morgan fingerprint density at radius 3 is 2.76 bits per heavy atom. The average molecular weight is 311 g/mol. The molecule has 7 nitrogen and oxygen atoms in total. The van der Waals surface area contributed by atoms with Crippen LogP contribution in [-0.2, 0) is 10.5 Å². The van der Waals surface area contributed by atoms with E-state index in [4.69, 9.17) is 15.2 Å². The number of hydrazone groups is 1. The number of hydrogen-bond donors (Lipinski definition) is 1. The molecule has 1 aromatic heterocycles. The van der Waals surface area contributed by atoms with Gasteiger partial charge in [-0.2, -0.15) is 16.7 Å². The first kappa shape index (κ1) is 15.8. The van der Waals surface area contributed by atoms with Gasteiger partial charge < -0.3 is 15.2 Å². The van der Waals surface area contributed by atoms with Crippen molar-refractivity contribution < 1.29 is 9.47 Å². The molecular weight excluding hydrogens is 290 g/mol. The van der Waals surface area contributed by atoms with Crippen molar-refractivity contribution in [1.82, 2.24) is 15.0 Å². The Bertz CT molecular complexity index is 518. The predicted molar refractivity (Wildman–Crippen MR) is 83.4 cm³/mol. The highest BCUT2D eigenvalue weighted by atomic mass is 32.2. The molecule has 0 saturated carbocycles. The summed E-state index contributed by atoms with van der Waals surface area (Å²) in [5.41, 5.74) is 7.63. The number of aromatic nitrogens is 2. The number of nitrogens with two attached hydrogens (primary N) is 1. The second-order valence-corrected chi connectivity index (χ2v) is 5.56. The van der Waals surface area contributed by atoms with E-state index < -0.39 is 0 Å². The molecule has 0 bridgehead atoms. The summed E-state index contributed by atoms with van der Waals surface area (Å²) < 4.78 is 10.9. The fourth-order valence-electron chi connectivity index (χ4n) is 1.86. The standard InChI is InChI=1S/C13H21N5O2S/c1-9-10(2)15-11(8-21-3)16-12(9)20-13(14)17-18-4-6-19-7-5-18/h4-8H2,1-3H3,(H2,14,17). The van der Waals surface area contributed by atoms with Gasteiger partial charge in [-0.05, 0) is 20.1 Å². The van der Waals surface area contributed by atoms with E-state index in [1.54, 1.807) is 11.8 Å². The van der Waals surface area contributed by atoms with Crippen LogP contribution in [0.2, 0.25) is 0 Å². The zero-order valence-corrected chi connectivity index (χ0v) is 13.4. The van der Waals surface area contributed by atoms with Crippen molar-refractivity contribution in [2.75, 3.05) is 32.6 Å². The lowest BCUT2D eigenvalue weighted by Crippen LogP contribution is -2.35. The van der Waals surface area contributed by atoms with Crippen LogP contribution in [0.5, 0.6) is 5.88 Å².